The van der Waals surface area contributed by atoms with Gasteiger partial charge >= 0.3 is 0 Å². The van der Waals surface area contributed by atoms with Crippen molar-refractivity contribution < 1.29 is 5.21 Å². The summed E-state index contributed by atoms with van der Waals surface area (Å²) in [7, 11) is 0. The van der Waals surface area contributed by atoms with Gasteiger partial charge in [0.1, 0.15) is 5.69 Å². The number of aryl methyl sites for hydroxylation is 1. The quantitative estimate of drug-likeness (QED) is 0.529. The zero-order chi connectivity index (χ0) is 13.7. The molecule has 0 radical (unpaired) electrons. The number of rotatable bonds is 4. The standard InChI is InChI=1S/C13H11ClN4O/c14-12-4-2-10(3-5-12)13-11(8-16-19)9-18(17-13)7-1-6-15/h2-5,8-9,19H,1,7H2. The molecule has 0 aliphatic carbocycles. The van der Waals surface area contributed by atoms with Gasteiger partial charge in [0, 0.05) is 22.3 Å². The maximum atomic E-state index is 8.68. The summed E-state index contributed by atoms with van der Waals surface area (Å²) >= 11 is 5.85. The molecule has 5 nitrogen and oxygen atoms in total. The molecule has 1 aromatic carbocycles. The molecule has 0 amide bonds. The molecule has 2 rings (SSSR count). The molecule has 96 valence electrons. The lowest BCUT2D eigenvalue weighted by Gasteiger charge is -1.99. The van der Waals surface area contributed by atoms with Gasteiger partial charge < -0.3 is 5.21 Å². The van der Waals surface area contributed by atoms with Gasteiger partial charge in [-0.3, -0.25) is 4.68 Å². The number of halogens is 1. The number of hydrogen-bond donors (Lipinski definition) is 1. The van der Waals surface area contributed by atoms with E-state index < -0.39 is 0 Å². The average Bonchev–Trinajstić information content (AvgIpc) is 2.81. The van der Waals surface area contributed by atoms with Crippen LogP contribution in [0.3, 0.4) is 0 Å². The van der Waals surface area contributed by atoms with E-state index in [1.165, 1.54) is 6.21 Å². The highest BCUT2D eigenvalue weighted by Gasteiger charge is 2.09. The number of oxime groups is 1. The SMILES string of the molecule is N#CCCn1cc(C=NO)c(-c2ccc(Cl)cc2)n1. The van der Waals surface area contributed by atoms with E-state index in [9.17, 15) is 0 Å². The Bertz CT molecular complexity index is 625. The molecule has 1 aromatic heterocycles. The Kier molecular flexibility index (Phi) is 4.16. The van der Waals surface area contributed by atoms with Gasteiger partial charge in [0.25, 0.3) is 0 Å². The van der Waals surface area contributed by atoms with Crippen LogP contribution in [0.15, 0.2) is 35.6 Å². The van der Waals surface area contributed by atoms with Gasteiger partial charge in [-0.1, -0.05) is 28.9 Å². The van der Waals surface area contributed by atoms with Crippen LogP contribution in [0, 0.1) is 11.3 Å². The van der Waals surface area contributed by atoms with Crippen LogP contribution >= 0.6 is 11.6 Å². The molecule has 1 N–H and O–H groups in total. The summed E-state index contributed by atoms with van der Waals surface area (Å²) in [6.07, 6.45) is 3.43. The Morgan fingerprint density at radius 1 is 1.42 bits per heavy atom. The van der Waals surface area contributed by atoms with Gasteiger partial charge in [0.15, 0.2) is 0 Å². The van der Waals surface area contributed by atoms with Crippen molar-refractivity contribution in [3.63, 3.8) is 0 Å². The fourth-order valence-corrected chi connectivity index (χ4v) is 1.83. The number of benzene rings is 1. The van der Waals surface area contributed by atoms with Crippen LogP contribution in [0.25, 0.3) is 11.3 Å². The minimum Gasteiger partial charge on any atom is -0.411 e. The van der Waals surface area contributed by atoms with Gasteiger partial charge in [0.2, 0.25) is 0 Å². The lowest BCUT2D eigenvalue weighted by atomic mass is 10.1. The van der Waals surface area contributed by atoms with Crippen molar-refractivity contribution in [1.82, 2.24) is 9.78 Å². The summed E-state index contributed by atoms with van der Waals surface area (Å²) < 4.78 is 1.66. The molecule has 0 saturated heterocycles. The first-order valence-corrected chi connectivity index (χ1v) is 6.00. The van der Waals surface area contributed by atoms with Crippen molar-refractivity contribution in [2.45, 2.75) is 13.0 Å². The topological polar surface area (TPSA) is 74.2 Å². The Labute approximate surface area is 115 Å². The Morgan fingerprint density at radius 2 is 2.16 bits per heavy atom. The normalized spacial score (nSPS) is 10.7. The zero-order valence-electron chi connectivity index (χ0n) is 9.99. The van der Waals surface area contributed by atoms with Crippen LogP contribution in [-0.4, -0.2) is 21.2 Å². The number of nitrogens with zero attached hydrogens (tertiary/aromatic N) is 4. The fraction of sp³-hybridized carbons (Fsp3) is 0.154. The van der Waals surface area contributed by atoms with Crippen LogP contribution in [-0.2, 0) is 6.54 Å². The van der Waals surface area contributed by atoms with Gasteiger partial charge in [-0.05, 0) is 12.1 Å². The monoisotopic (exact) mass is 274 g/mol. The smallest absolute Gasteiger partial charge is 0.101 e. The van der Waals surface area contributed by atoms with Crippen LogP contribution in [0.5, 0.6) is 0 Å². The van der Waals surface area contributed by atoms with E-state index in [2.05, 4.69) is 16.3 Å². The average molecular weight is 275 g/mol. The lowest BCUT2D eigenvalue weighted by Crippen LogP contribution is -1.97. The number of nitriles is 1. The molecule has 19 heavy (non-hydrogen) atoms. The lowest BCUT2D eigenvalue weighted by molar-refractivity contribution is 0.322. The summed E-state index contributed by atoms with van der Waals surface area (Å²) in [5.74, 6) is 0. The second-order valence-corrected chi connectivity index (χ2v) is 4.29. The van der Waals surface area contributed by atoms with Crippen LogP contribution < -0.4 is 0 Å². The summed E-state index contributed by atoms with van der Waals surface area (Å²) in [5.41, 5.74) is 2.24. The summed E-state index contributed by atoms with van der Waals surface area (Å²) in [5, 5.41) is 25.3. The molecule has 0 atom stereocenters. The highest BCUT2D eigenvalue weighted by Crippen LogP contribution is 2.23. The summed E-state index contributed by atoms with van der Waals surface area (Å²) in [6, 6.07) is 9.28. The van der Waals surface area contributed by atoms with Gasteiger partial charge in [0.05, 0.1) is 25.2 Å². The van der Waals surface area contributed by atoms with E-state index in [0.29, 0.717) is 29.2 Å². The van der Waals surface area contributed by atoms with Crippen molar-refractivity contribution in [3.05, 3.63) is 41.0 Å². The van der Waals surface area contributed by atoms with Crippen molar-refractivity contribution in [2.75, 3.05) is 0 Å². The first-order valence-electron chi connectivity index (χ1n) is 5.62. The predicted octanol–water partition coefficient (Wildman–Crippen LogP) is 2.93. The summed E-state index contributed by atoms with van der Waals surface area (Å²) in [4.78, 5) is 0. The van der Waals surface area contributed by atoms with E-state index in [1.807, 2.05) is 12.1 Å². The first-order chi connectivity index (χ1) is 9.24. The Hall–Kier alpha value is -2.32. The molecule has 0 bridgehead atoms. The maximum Gasteiger partial charge on any atom is 0.101 e. The Morgan fingerprint density at radius 3 is 2.79 bits per heavy atom. The molecule has 2 aromatic rings. The van der Waals surface area contributed by atoms with Gasteiger partial charge in [-0.2, -0.15) is 10.4 Å². The molecule has 0 spiro atoms. The highest BCUT2D eigenvalue weighted by atomic mass is 35.5. The van der Waals surface area contributed by atoms with Crippen LogP contribution in [0.4, 0.5) is 0 Å². The molecular weight excluding hydrogens is 264 g/mol. The zero-order valence-corrected chi connectivity index (χ0v) is 10.7. The second kappa shape index (κ2) is 6.03. The second-order valence-electron chi connectivity index (χ2n) is 3.86. The molecule has 6 heteroatoms. The first kappa shape index (κ1) is 13.1. The molecule has 0 aliphatic rings. The third-order valence-corrected chi connectivity index (χ3v) is 2.81. The fourth-order valence-electron chi connectivity index (χ4n) is 1.70. The van der Waals surface area contributed by atoms with E-state index in [-0.39, 0.29) is 0 Å². The van der Waals surface area contributed by atoms with E-state index in [1.54, 1.807) is 23.0 Å². The van der Waals surface area contributed by atoms with Crippen molar-refractivity contribution in [3.8, 4) is 17.3 Å². The van der Waals surface area contributed by atoms with Crippen molar-refractivity contribution in [2.24, 2.45) is 5.16 Å². The van der Waals surface area contributed by atoms with Crippen molar-refractivity contribution >= 4 is 17.8 Å². The largest absolute Gasteiger partial charge is 0.411 e. The minimum absolute atomic E-state index is 0.372. The molecule has 0 saturated carbocycles. The van der Waals surface area contributed by atoms with E-state index in [0.717, 1.165) is 5.56 Å². The van der Waals surface area contributed by atoms with Gasteiger partial charge in [-0.25, -0.2) is 0 Å². The number of aromatic nitrogens is 2. The maximum absolute atomic E-state index is 8.68. The van der Waals surface area contributed by atoms with Crippen molar-refractivity contribution in [1.29, 1.82) is 5.26 Å². The molecule has 0 unspecified atom stereocenters. The Balaban J connectivity index is 2.40. The van der Waals surface area contributed by atoms with E-state index in [4.69, 9.17) is 22.1 Å². The summed E-state index contributed by atoms with van der Waals surface area (Å²) in [6.45, 7) is 0.496. The molecule has 1 heterocycles. The molecule has 0 fully saturated rings. The van der Waals surface area contributed by atoms with Gasteiger partial charge in [-0.15, -0.1) is 0 Å². The van der Waals surface area contributed by atoms with E-state index >= 15 is 0 Å². The predicted molar refractivity (Wildman–Crippen MR) is 72.3 cm³/mol. The number of hydrogen-bond acceptors (Lipinski definition) is 4. The molecule has 0 aliphatic heterocycles. The third-order valence-electron chi connectivity index (χ3n) is 2.56. The highest BCUT2D eigenvalue weighted by molar-refractivity contribution is 6.30. The van der Waals surface area contributed by atoms with Crippen LogP contribution in [0.1, 0.15) is 12.0 Å². The third kappa shape index (κ3) is 3.12. The minimum atomic E-state index is 0.372. The van der Waals surface area contributed by atoms with Crippen LogP contribution in [0.2, 0.25) is 5.02 Å². The molecular formula is C13H11ClN4O.